The molecule has 0 unspecified atom stereocenters. The summed E-state index contributed by atoms with van der Waals surface area (Å²) in [5.41, 5.74) is 3.74. The maximum Gasteiger partial charge on any atom is 0.259 e. The predicted molar refractivity (Wildman–Crippen MR) is 120 cm³/mol. The van der Waals surface area contributed by atoms with Gasteiger partial charge in [0.2, 0.25) is 5.78 Å². The van der Waals surface area contributed by atoms with Crippen LogP contribution in [0.3, 0.4) is 0 Å². The van der Waals surface area contributed by atoms with Crippen molar-refractivity contribution in [1.29, 1.82) is 0 Å². The van der Waals surface area contributed by atoms with E-state index < -0.39 is 0 Å². The molecule has 5 rings (SSSR count). The zero-order valence-corrected chi connectivity index (χ0v) is 16.9. The van der Waals surface area contributed by atoms with E-state index >= 15 is 0 Å². The van der Waals surface area contributed by atoms with E-state index in [-0.39, 0.29) is 11.7 Å². The van der Waals surface area contributed by atoms with Gasteiger partial charge in [-0.2, -0.15) is 0 Å². The smallest absolute Gasteiger partial charge is 0.259 e. The van der Waals surface area contributed by atoms with Crippen molar-refractivity contribution < 1.29 is 9.59 Å². The van der Waals surface area contributed by atoms with E-state index in [1.54, 1.807) is 16.5 Å². The number of para-hydroxylation sites is 1. The van der Waals surface area contributed by atoms with Crippen LogP contribution in [-0.4, -0.2) is 21.1 Å². The molecule has 0 spiro atoms. The number of benzene rings is 2. The van der Waals surface area contributed by atoms with Gasteiger partial charge in [0.1, 0.15) is 0 Å². The van der Waals surface area contributed by atoms with Gasteiger partial charge in [-0.15, -0.1) is 0 Å². The van der Waals surface area contributed by atoms with E-state index in [0.717, 1.165) is 10.2 Å². The number of carbonyl (C=O) groups excluding carboxylic acids is 2. The fourth-order valence-corrected chi connectivity index (χ4v) is 4.57. The van der Waals surface area contributed by atoms with Crippen molar-refractivity contribution in [1.82, 2.24) is 9.38 Å². The van der Waals surface area contributed by atoms with Crippen LogP contribution < -0.4 is 5.32 Å². The summed E-state index contributed by atoms with van der Waals surface area (Å²) in [4.78, 5) is 30.9. The number of thiazole rings is 1. The van der Waals surface area contributed by atoms with E-state index in [1.807, 2.05) is 73.8 Å². The van der Waals surface area contributed by atoms with Crippen LogP contribution in [0, 0.1) is 6.92 Å². The van der Waals surface area contributed by atoms with Gasteiger partial charge in [0.15, 0.2) is 5.13 Å². The Hall–Kier alpha value is -3.77. The minimum absolute atomic E-state index is 0.117. The molecule has 3 aromatic heterocycles. The van der Waals surface area contributed by atoms with Gasteiger partial charge in [0.05, 0.1) is 27.0 Å². The number of hydrogen-bond acceptors (Lipinski definition) is 4. The summed E-state index contributed by atoms with van der Waals surface area (Å²) in [6.45, 7) is 1.82. The third kappa shape index (κ3) is 2.98. The fraction of sp³-hybridized carbons (Fsp3) is 0.0417. The zero-order chi connectivity index (χ0) is 20.7. The molecule has 146 valence electrons. The maximum absolute atomic E-state index is 13.2. The molecule has 6 heteroatoms. The number of anilines is 1. The van der Waals surface area contributed by atoms with Crippen molar-refractivity contribution in [3.8, 4) is 0 Å². The summed E-state index contributed by atoms with van der Waals surface area (Å²) in [5.74, 6) is -0.393. The summed E-state index contributed by atoms with van der Waals surface area (Å²) in [6.07, 6.45) is 1.81. The molecule has 0 saturated heterocycles. The first-order valence-corrected chi connectivity index (χ1v) is 10.3. The lowest BCUT2D eigenvalue weighted by atomic mass is 10.0. The monoisotopic (exact) mass is 411 g/mol. The van der Waals surface area contributed by atoms with Crippen molar-refractivity contribution in [2.24, 2.45) is 0 Å². The molecular formula is C24H17N3O2S. The highest BCUT2D eigenvalue weighted by molar-refractivity contribution is 7.22. The Bertz CT molecular complexity index is 1380. The van der Waals surface area contributed by atoms with Crippen LogP contribution >= 0.6 is 11.3 Å². The Morgan fingerprint density at radius 3 is 2.47 bits per heavy atom. The number of nitrogens with one attached hydrogen (secondary N) is 1. The fourth-order valence-electron chi connectivity index (χ4n) is 3.71. The average Bonchev–Trinajstić information content (AvgIpc) is 3.31. The Morgan fingerprint density at radius 1 is 0.933 bits per heavy atom. The standard InChI is InChI=1S/C24H17N3O2S/c1-15-20(23(29)26-24-25-17-11-5-6-13-19(17)30-24)18-12-7-8-14-27(18)21(15)22(28)16-9-3-2-4-10-16/h2-14H,1H3,(H,25,26,29). The van der Waals surface area contributed by atoms with Crippen molar-refractivity contribution in [2.75, 3.05) is 5.32 Å². The second-order valence-electron chi connectivity index (χ2n) is 6.94. The Morgan fingerprint density at radius 2 is 1.67 bits per heavy atom. The van der Waals surface area contributed by atoms with Crippen LogP contribution in [0.25, 0.3) is 15.7 Å². The van der Waals surface area contributed by atoms with Gasteiger partial charge in [-0.3, -0.25) is 14.9 Å². The SMILES string of the molecule is Cc1c(C(=O)Nc2nc3ccccc3s2)c2ccccn2c1C(=O)c1ccccc1. The van der Waals surface area contributed by atoms with E-state index in [2.05, 4.69) is 10.3 Å². The summed E-state index contributed by atoms with van der Waals surface area (Å²) in [5, 5.41) is 3.45. The molecule has 5 nitrogen and oxygen atoms in total. The molecule has 1 amide bonds. The first-order chi connectivity index (χ1) is 14.6. The molecule has 0 aliphatic carbocycles. The molecule has 1 N–H and O–H groups in total. The number of rotatable bonds is 4. The second-order valence-corrected chi connectivity index (χ2v) is 7.97. The highest BCUT2D eigenvalue weighted by atomic mass is 32.1. The molecule has 0 saturated carbocycles. The normalized spacial score (nSPS) is 11.1. The molecule has 0 fully saturated rings. The van der Waals surface area contributed by atoms with Crippen LogP contribution in [0.4, 0.5) is 5.13 Å². The van der Waals surface area contributed by atoms with Gasteiger partial charge in [-0.1, -0.05) is 59.9 Å². The number of amides is 1. The molecule has 0 radical (unpaired) electrons. The highest BCUT2D eigenvalue weighted by Crippen LogP contribution is 2.29. The molecule has 5 aromatic rings. The summed E-state index contributed by atoms with van der Waals surface area (Å²) < 4.78 is 2.80. The molecule has 2 aromatic carbocycles. The number of fused-ring (bicyclic) bond motifs is 2. The number of aromatic nitrogens is 2. The summed E-state index contributed by atoms with van der Waals surface area (Å²) in [7, 11) is 0. The Labute approximate surface area is 176 Å². The van der Waals surface area contributed by atoms with Crippen molar-refractivity contribution in [3.63, 3.8) is 0 Å². The van der Waals surface area contributed by atoms with E-state index in [9.17, 15) is 9.59 Å². The molecule has 0 atom stereocenters. The van der Waals surface area contributed by atoms with Gasteiger partial charge in [0.25, 0.3) is 5.91 Å². The van der Waals surface area contributed by atoms with Crippen molar-refractivity contribution >= 4 is 43.9 Å². The Balaban J connectivity index is 1.60. The average molecular weight is 411 g/mol. The van der Waals surface area contributed by atoms with Crippen LogP contribution in [0.5, 0.6) is 0 Å². The van der Waals surface area contributed by atoms with Crippen LogP contribution in [0.2, 0.25) is 0 Å². The van der Waals surface area contributed by atoms with Crippen molar-refractivity contribution in [2.45, 2.75) is 6.92 Å². The molecule has 0 bridgehead atoms. The topological polar surface area (TPSA) is 63.5 Å². The van der Waals surface area contributed by atoms with Gasteiger partial charge in [-0.25, -0.2) is 4.98 Å². The van der Waals surface area contributed by atoms with Crippen LogP contribution in [-0.2, 0) is 0 Å². The number of nitrogens with zero attached hydrogens (tertiary/aromatic N) is 2. The summed E-state index contributed by atoms with van der Waals surface area (Å²) in [6, 6.07) is 22.4. The molecule has 3 heterocycles. The summed E-state index contributed by atoms with van der Waals surface area (Å²) >= 11 is 1.42. The predicted octanol–water partition coefficient (Wildman–Crippen LogP) is 5.34. The lowest BCUT2D eigenvalue weighted by molar-refractivity contribution is 0.102. The lowest BCUT2D eigenvalue weighted by Crippen LogP contribution is -2.13. The molecule has 0 aliphatic rings. The largest absolute Gasteiger partial charge is 0.313 e. The van der Waals surface area contributed by atoms with Crippen LogP contribution in [0.1, 0.15) is 32.0 Å². The minimum atomic E-state index is -0.276. The zero-order valence-electron chi connectivity index (χ0n) is 16.1. The van der Waals surface area contributed by atoms with E-state index in [1.165, 1.54) is 11.3 Å². The third-order valence-electron chi connectivity index (χ3n) is 5.08. The van der Waals surface area contributed by atoms with E-state index in [0.29, 0.717) is 33.0 Å². The van der Waals surface area contributed by atoms with E-state index in [4.69, 9.17) is 0 Å². The molecule has 30 heavy (non-hydrogen) atoms. The number of ketones is 1. The highest BCUT2D eigenvalue weighted by Gasteiger charge is 2.25. The second kappa shape index (κ2) is 7.24. The number of hydrogen-bond donors (Lipinski definition) is 1. The number of carbonyl (C=O) groups is 2. The van der Waals surface area contributed by atoms with Crippen molar-refractivity contribution in [3.05, 3.63) is 101 Å². The lowest BCUT2D eigenvalue weighted by Gasteiger charge is -2.03. The number of pyridine rings is 1. The van der Waals surface area contributed by atoms with Gasteiger partial charge in [-0.05, 0) is 36.8 Å². The van der Waals surface area contributed by atoms with Gasteiger partial charge in [0, 0.05) is 11.8 Å². The first-order valence-electron chi connectivity index (χ1n) is 9.50. The Kier molecular flexibility index (Phi) is 4.41. The molecular weight excluding hydrogens is 394 g/mol. The van der Waals surface area contributed by atoms with Crippen LogP contribution in [0.15, 0.2) is 79.0 Å². The minimum Gasteiger partial charge on any atom is -0.313 e. The van der Waals surface area contributed by atoms with Gasteiger partial charge < -0.3 is 4.40 Å². The third-order valence-corrected chi connectivity index (χ3v) is 6.03. The quantitative estimate of drug-likeness (QED) is 0.406. The molecule has 0 aliphatic heterocycles. The first kappa shape index (κ1) is 18.3. The maximum atomic E-state index is 13.2. The van der Waals surface area contributed by atoms with Gasteiger partial charge >= 0.3 is 0 Å².